The summed E-state index contributed by atoms with van der Waals surface area (Å²) in [5, 5.41) is 3.50. The summed E-state index contributed by atoms with van der Waals surface area (Å²) >= 11 is 0. The summed E-state index contributed by atoms with van der Waals surface area (Å²) in [5.74, 6) is 0.917. The Morgan fingerprint density at radius 2 is 2.05 bits per heavy atom. The largest absolute Gasteiger partial charge is 0.312 e. The molecule has 1 aliphatic heterocycles. The summed E-state index contributed by atoms with van der Waals surface area (Å²) in [6, 6.07) is 11.8. The Balaban J connectivity index is 2.00. The number of benzene rings is 1. The third-order valence-electron chi connectivity index (χ3n) is 4.54. The van der Waals surface area contributed by atoms with Crippen LogP contribution in [0.4, 0.5) is 0 Å². The maximum absolute atomic E-state index is 3.50. The van der Waals surface area contributed by atoms with Gasteiger partial charge >= 0.3 is 0 Å². The van der Waals surface area contributed by atoms with E-state index in [1.165, 1.54) is 37.9 Å². The van der Waals surface area contributed by atoms with Crippen molar-refractivity contribution < 1.29 is 0 Å². The first-order valence-corrected chi connectivity index (χ1v) is 7.72. The molecule has 1 fully saturated rings. The highest BCUT2D eigenvalue weighted by molar-refractivity contribution is 5.20. The van der Waals surface area contributed by atoms with Gasteiger partial charge in [-0.1, -0.05) is 43.7 Å². The average molecular weight is 260 g/mol. The van der Waals surface area contributed by atoms with Gasteiger partial charge in [0.2, 0.25) is 0 Å². The van der Waals surface area contributed by atoms with Gasteiger partial charge in [-0.2, -0.15) is 0 Å². The number of likely N-dealkylation sites (N-methyl/N-ethyl adjacent to an activating group) is 1. The van der Waals surface area contributed by atoms with E-state index in [2.05, 4.69) is 61.4 Å². The molecule has 2 rings (SSSR count). The van der Waals surface area contributed by atoms with Gasteiger partial charge in [0.1, 0.15) is 0 Å². The molecule has 0 amide bonds. The van der Waals surface area contributed by atoms with Crippen LogP contribution in [0, 0.1) is 5.92 Å². The van der Waals surface area contributed by atoms with Gasteiger partial charge in [-0.25, -0.2) is 0 Å². The van der Waals surface area contributed by atoms with Crippen molar-refractivity contribution >= 4 is 0 Å². The third kappa shape index (κ3) is 3.58. The molecule has 0 spiro atoms. The van der Waals surface area contributed by atoms with Crippen LogP contribution < -0.4 is 5.32 Å². The molecule has 1 heterocycles. The molecule has 2 heteroatoms. The minimum Gasteiger partial charge on any atom is -0.312 e. The molecule has 1 N–H and O–H groups in total. The number of rotatable bonds is 6. The van der Waals surface area contributed by atoms with E-state index in [1.54, 1.807) is 0 Å². The van der Waals surface area contributed by atoms with Gasteiger partial charge in [-0.05, 0) is 44.8 Å². The summed E-state index contributed by atoms with van der Waals surface area (Å²) < 4.78 is 0. The van der Waals surface area contributed by atoms with Crippen molar-refractivity contribution in [3.05, 3.63) is 35.9 Å². The zero-order valence-electron chi connectivity index (χ0n) is 12.6. The number of hydrogen-bond acceptors (Lipinski definition) is 2. The first-order chi connectivity index (χ1) is 9.26. The Kier molecular flexibility index (Phi) is 5.41. The van der Waals surface area contributed by atoms with Crippen molar-refractivity contribution in [2.75, 3.05) is 20.1 Å². The number of nitrogens with zero attached hydrogens (tertiary/aromatic N) is 1. The molecule has 1 saturated heterocycles. The van der Waals surface area contributed by atoms with Gasteiger partial charge in [0.05, 0.1) is 0 Å². The second-order valence-electron chi connectivity index (χ2n) is 5.86. The van der Waals surface area contributed by atoms with Crippen LogP contribution in [0.25, 0.3) is 0 Å². The fourth-order valence-electron chi connectivity index (χ4n) is 3.43. The number of nitrogens with one attached hydrogen (secondary N) is 1. The topological polar surface area (TPSA) is 15.3 Å². The van der Waals surface area contributed by atoms with Crippen molar-refractivity contribution in [3.8, 4) is 0 Å². The van der Waals surface area contributed by atoms with Crippen LogP contribution in [0.1, 0.15) is 44.7 Å². The molecule has 0 bridgehead atoms. The molecule has 3 unspecified atom stereocenters. The third-order valence-corrected chi connectivity index (χ3v) is 4.54. The van der Waals surface area contributed by atoms with E-state index in [9.17, 15) is 0 Å². The summed E-state index contributed by atoms with van der Waals surface area (Å²) in [6.07, 6.45) is 4.09. The lowest BCUT2D eigenvalue weighted by atomic mass is 9.99. The molecule has 0 radical (unpaired) electrons. The van der Waals surface area contributed by atoms with Crippen LogP contribution in [0.5, 0.6) is 0 Å². The summed E-state index contributed by atoms with van der Waals surface area (Å²) in [7, 11) is 2.08. The van der Waals surface area contributed by atoms with Gasteiger partial charge in [0.15, 0.2) is 0 Å². The molecule has 1 aliphatic rings. The van der Waals surface area contributed by atoms with E-state index >= 15 is 0 Å². The van der Waals surface area contributed by atoms with Crippen LogP contribution in [-0.4, -0.2) is 31.1 Å². The number of likely N-dealkylation sites (tertiary alicyclic amines) is 1. The number of hydrogen-bond donors (Lipinski definition) is 1. The second-order valence-corrected chi connectivity index (χ2v) is 5.86. The lowest BCUT2D eigenvalue weighted by molar-refractivity contribution is 0.203. The maximum Gasteiger partial charge on any atom is 0.0473 e. The lowest BCUT2D eigenvalue weighted by Gasteiger charge is -2.32. The monoisotopic (exact) mass is 260 g/mol. The summed E-state index contributed by atoms with van der Waals surface area (Å²) in [5.41, 5.74) is 1.40. The molecular formula is C17H28N2. The Hall–Kier alpha value is -0.860. The van der Waals surface area contributed by atoms with Gasteiger partial charge in [-0.3, -0.25) is 4.90 Å². The van der Waals surface area contributed by atoms with Gasteiger partial charge in [0.25, 0.3) is 0 Å². The van der Waals surface area contributed by atoms with Crippen molar-refractivity contribution in [2.24, 2.45) is 5.92 Å². The van der Waals surface area contributed by atoms with Gasteiger partial charge in [0, 0.05) is 18.6 Å². The predicted molar refractivity (Wildman–Crippen MR) is 82.3 cm³/mol. The average Bonchev–Trinajstić information content (AvgIpc) is 2.90. The Labute approximate surface area is 118 Å². The minimum absolute atomic E-state index is 0.432. The van der Waals surface area contributed by atoms with Crippen LogP contribution in [0.15, 0.2) is 30.3 Å². The molecular weight excluding hydrogens is 232 g/mol. The first kappa shape index (κ1) is 14.5. The SMILES string of the molecule is CCCC1CCN(C(C)C(NC)c2ccccc2)C1. The van der Waals surface area contributed by atoms with Gasteiger partial charge < -0.3 is 5.32 Å². The van der Waals surface area contributed by atoms with Crippen molar-refractivity contribution in [2.45, 2.75) is 45.2 Å². The highest BCUT2D eigenvalue weighted by Gasteiger charge is 2.29. The molecule has 0 aromatic heterocycles. The molecule has 1 aromatic rings. The first-order valence-electron chi connectivity index (χ1n) is 7.72. The highest BCUT2D eigenvalue weighted by Crippen LogP contribution is 2.28. The lowest BCUT2D eigenvalue weighted by Crippen LogP contribution is -2.40. The Morgan fingerprint density at radius 1 is 1.32 bits per heavy atom. The quantitative estimate of drug-likeness (QED) is 0.842. The normalized spacial score (nSPS) is 23.4. The van der Waals surface area contributed by atoms with E-state index in [1.807, 2.05) is 0 Å². The van der Waals surface area contributed by atoms with Crippen LogP contribution in [0.3, 0.4) is 0 Å². The molecule has 0 saturated carbocycles. The van der Waals surface area contributed by atoms with Crippen molar-refractivity contribution in [3.63, 3.8) is 0 Å². The van der Waals surface area contributed by atoms with E-state index in [0.717, 1.165) is 5.92 Å². The molecule has 1 aromatic carbocycles. The smallest absolute Gasteiger partial charge is 0.0473 e. The summed E-state index contributed by atoms with van der Waals surface area (Å²) in [4.78, 5) is 2.66. The molecule has 3 atom stereocenters. The summed E-state index contributed by atoms with van der Waals surface area (Å²) in [6.45, 7) is 7.20. The molecule has 2 nitrogen and oxygen atoms in total. The van der Waals surface area contributed by atoms with Crippen LogP contribution >= 0.6 is 0 Å². The fraction of sp³-hybridized carbons (Fsp3) is 0.647. The predicted octanol–water partition coefficient (Wildman–Crippen LogP) is 3.46. The highest BCUT2D eigenvalue weighted by atomic mass is 15.2. The second kappa shape index (κ2) is 7.06. The van der Waals surface area contributed by atoms with E-state index in [0.29, 0.717) is 12.1 Å². The maximum atomic E-state index is 3.50. The van der Waals surface area contributed by atoms with E-state index in [-0.39, 0.29) is 0 Å². The van der Waals surface area contributed by atoms with Gasteiger partial charge in [-0.15, -0.1) is 0 Å². The minimum atomic E-state index is 0.432. The van der Waals surface area contributed by atoms with E-state index < -0.39 is 0 Å². The van der Waals surface area contributed by atoms with Crippen LogP contribution in [0.2, 0.25) is 0 Å². The molecule has 0 aliphatic carbocycles. The Bertz CT molecular complexity index is 363. The van der Waals surface area contributed by atoms with E-state index in [4.69, 9.17) is 0 Å². The molecule has 19 heavy (non-hydrogen) atoms. The Morgan fingerprint density at radius 3 is 2.68 bits per heavy atom. The van der Waals surface area contributed by atoms with Crippen molar-refractivity contribution in [1.82, 2.24) is 10.2 Å². The molecule has 106 valence electrons. The van der Waals surface area contributed by atoms with Crippen LogP contribution in [-0.2, 0) is 0 Å². The zero-order valence-corrected chi connectivity index (χ0v) is 12.6. The van der Waals surface area contributed by atoms with Crippen molar-refractivity contribution in [1.29, 1.82) is 0 Å². The standard InChI is InChI=1S/C17H28N2/c1-4-8-15-11-12-19(13-15)14(2)17(18-3)16-9-6-5-7-10-16/h5-7,9-10,14-15,17-18H,4,8,11-13H2,1-3H3. The fourth-order valence-corrected chi connectivity index (χ4v) is 3.43. The zero-order chi connectivity index (χ0) is 13.7.